The van der Waals surface area contributed by atoms with Crippen LogP contribution in [0.4, 0.5) is 0 Å². The number of imidazole rings is 1. The third kappa shape index (κ3) is 4.72. The molecule has 1 saturated heterocycles. The van der Waals surface area contributed by atoms with Gasteiger partial charge in [0.05, 0.1) is 22.5 Å². The lowest BCUT2D eigenvalue weighted by Crippen LogP contribution is -2.35. The Morgan fingerprint density at radius 2 is 1.97 bits per heavy atom. The van der Waals surface area contributed by atoms with E-state index in [1.54, 1.807) is 27.8 Å². The molecule has 0 radical (unpaired) electrons. The minimum Gasteiger partial charge on any atom is -0.335 e. The average molecular weight is 487 g/mol. The second-order valence-corrected chi connectivity index (χ2v) is 12.0. The van der Waals surface area contributed by atoms with Gasteiger partial charge in [0, 0.05) is 43.9 Å². The summed E-state index contributed by atoms with van der Waals surface area (Å²) in [5, 5.41) is 2.05. The number of carbonyl (C=O) groups excluding carboxylic acids is 1. The van der Waals surface area contributed by atoms with Crippen molar-refractivity contribution in [3.8, 4) is 0 Å². The van der Waals surface area contributed by atoms with Crippen molar-refractivity contribution in [2.45, 2.75) is 62.4 Å². The molecule has 7 nitrogen and oxygen atoms in total. The van der Waals surface area contributed by atoms with E-state index in [0.717, 1.165) is 43.4 Å². The molecule has 9 heteroatoms. The highest BCUT2D eigenvalue weighted by molar-refractivity contribution is 7.89. The number of aryl methyl sites for hydroxylation is 2. The van der Waals surface area contributed by atoms with Gasteiger partial charge < -0.3 is 9.47 Å². The maximum absolute atomic E-state index is 13.1. The predicted molar refractivity (Wildman–Crippen MR) is 130 cm³/mol. The maximum Gasteiger partial charge on any atom is 0.243 e. The van der Waals surface area contributed by atoms with Crippen molar-refractivity contribution in [2.75, 3.05) is 13.1 Å². The van der Waals surface area contributed by atoms with Crippen LogP contribution in [-0.4, -0.2) is 52.2 Å². The number of benzene rings is 1. The fraction of sp³-hybridized carbons (Fsp3) is 0.500. The number of thiophene rings is 1. The van der Waals surface area contributed by atoms with E-state index in [-0.39, 0.29) is 5.91 Å². The molecule has 2 aromatic heterocycles. The van der Waals surface area contributed by atoms with E-state index in [9.17, 15) is 13.2 Å². The van der Waals surface area contributed by atoms with Crippen LogP contribution in [0, 0.1) is 0 Å². The average Bonchev–Trinajstić information content (AvgIpc) is 3.44. The van der Waals surface area contributed by atoms with E-state index in [2.05, 4.69) is 6.07 Å². The molecule has 176 valence electrons. The van der Waals surface area contributed by atoms with Crippen molar-refractivity contribution in [1.29, 1.82) is 0 Å². The van der Waals surface area contributed by atoms with Gasteiger partial charge in [0.15, 0.2) is 0 Å². The fourth-order valence-electron chi connectivity index (χ4n) is 4.61. The third-order valence-electron chi connectivity index (χ3n) is 6.67. The number of piperidine rings is 1. The first kappa shape index (κ1) is 22.6. The molecule has 1 saturated carbocycles. The second kappa shape index (κ2) is 9.19. The topological polar surface area (TPSA) is 75.5 Å². The minimum atomic E-state index is -3.50. The van der Waals surface area contributed by atoms with Crippen LogP contribution in [0.5, 0.6) is 0 Å². The van der Waals surface area contributed by atoms with Crippen LogP contribution >= 0.6 is 11.3 Å². The lowest BCUT2D eigenvalue weighted by atomic mass is 10.2. The first-order valence-corrected chi connectivity index (χ1v) is 14.0. The Morgan fingerprint density at radius 1 is 1.18 bits per heavy atom. The monoisotopic (exact) mass is 486 g/mol. The summed E-state index contributed by atoms with van der Waals surface area (Å²) in [7, 11) is -1.57. The first-order chi connectivity index (χ1) is 15.9. The Labute approximate surface area is 199 Å². The van der Waals surface area contributed by atoms with Gasteiger partial charge in [-0.1, -0.05) is 12.5 Å². The van der Waals surface area contributed by atoms with Crippen LogP contribution < -0.4 is 0 Å². The van der Waals surface area contributed by atoms with Crippen molar-refractivity contribution < 1.29 is 13.2 Å². The number of carbonyl (C=O) groups is 1. The normalized spacial score (nSPS) is 17.5. The molecular formula is C24H30N4O3S2. The van der Waals surface area contributed by atoms with Crippen LogP contribution in [-0.2, 0) is 34.8 Å². The number of fused-ring (bicyclic) bond motifs is 1. The number of hydrogen-bond acceptors (Lipinski definition) is 5. The largest absolute Gasteiger partial charge is 0.335 e. The Morgan fingerprint density at radius 3 is 2.67 bits per heavy atom. The van der Waals surface area contributed by atoms with Crippen LogP contribution in [0.2, 0.25) is 0 Å². The van der Waals surface area contributed by atoms with Gasteiger partial charge in [0.1, 0.15) is 5.82 Å². The second-order valence-electron chi connectivity index (χ2n) is 9.03. The summed E-state index contributed by atoms with van der Waals surface area (Å²) < 4.78 is 29.7. The number of sulfonamides is 1. The molecule has 0 unspecified atom stereocenters. The summed E-state index contributed by atoms with van der Waals surface area (Å²) in [6.07, 6.45) is 6.00. The number of amides is 1. The van der Waals surface area contributed by atoms with Crippen molar-refractivity contribution in [3.05, 3.63) is 46.4 Å². The summed E-state index contributed by atoms with van der Waals surface area (Å²) >= 11 is 1.68. The lowest BCUT2D eigenvalue weighted by molar-refractivity contribution is -0.132. The highest BCUT2D eigenvalue weighted by Crippen LogP contribution is 2.30. The fourth-order valence-corrected chi connectivity index (χ4v) is 6.85. The zero-order chi connectivity index (χ0) is 23.0. The van der Waals surface area contributed by atoms with Gasteiger partial charge in [-0.2, -0.15) is 4.31 Å². The molecule has 3 heterocycles. The Bertz CT molecular complexity index is 1240. The van der Waals surface area contributed by atoms with E-state index in [4.69, 9.17) is 4.98 Å². The van der Waals surface area contributed by atoms with Gasteiger partial charge >= 0.3 is 0 Å². The predicted octanol–water partition coefficient (Wildman–Crippen LogP) is 3.93. The van der Waals surface area contributed by atoms with E-state index >= 15 is 0 Å². The molecule has 0 atom stereocenters. The van der Waals surface area contributed by atoms with E-state index in [1.807, 2.05) is 34.0 Å². The Hall–Kier alpha value is -2.23. The Balaban J connectivity index is 1.31. The standard InChI is InChI=1S/C24H30N4O3S2/c1-26-22-10-9-20(33(30,31)27-13-3-2-4-14-27)16-21(22)25-23(26)11-12-24(29)28(18-7-8-18)17-19-6-5-15-32-19/h5-6,9-10,15-16,18H,2-4,7-8,11-14,17H2,1H3. The molecule has 0 bridgehead atoms. The number of aromatic nitrogens is 2. The van der Waals surface area contributed by atoms with Gasteiger partial charge in [-0.3, -0.25) is 4.79 Å². The Kier molecular flexibility index (Phi) is 6.28. The molecule has 1 aliphatic heterocycles. The molecule has 3 aromatic rings. The van der Waals surface area contributed by atoms with E-state index in [0.29, 0.717) is 48.9 Å². The van der Waals surface area contributed by atoms with Gasteiger partial charge in [-0.25, -0.2) is 13.4 Å². The molecule has 33 heavy (non-hydrogen) atoms. The van der Waals surface area contributed by atoms with Crippen molar-refractivity contribution in [1.82, 2.24) is 18.8 Å². The van der Waals surface area contributed by atoms with Crippen LogP contribution in [0.15, 0.2) is 40.6 Å². The van der Waals surface area contributed by atoms with Crippen molar-refractivity contribution in [3.63, 3.8) is 0 Å². The molecule has 1 aliphatic carbocycles. The number of nitrogens with zero attached hydrogens (tertiary/aromatic N) is 4. The highest BCUT2D eigenvalue weighted by Gasteiger charge is 2.32. The van der Waals surface area contributed by atoms with Crippen LogP contribution in [0.25, 0.3) is 11.0 Å². The summed E-state index contributed by atoms with van der Waals surface area (Å²) in [5.41, 5.74) is 1.54. The quantitative estimate of drug-likeness (QED) is 0.483. The van der Waals surface area contributed by atoms with Crippen molar-refractivity contribution in [2.24, 2.45) is 7.05 Å². The molecular weight excluding hydrogens is 456 g/mol. The van der Waals surface area contributed by atoms with Gasteiger partial charge in [0.2, 0.25) is 15.9 Å². The van der Waals surface area contributed by atoms with Crippen molar-refractivity contribution >= 4 is 38.3 Å². The molecule has 2 fully saturated rings. The SMILES string of the molecule is Cn1c(CCC(=O)N(Cc2cccs2)C2CC2)nc2cc(S(=O)(=O)N3CCCCC3)ccc21. The zero-order valence-corrected chi connectivity index (χ0v) is 20.6. The van der Waals surface area contributed by atoms with E-state index < -0.39 is 10.0 Å². The summed E-state index contributed by atoms with van der Waals surface area (Å²) in [4.78, 5) is 21.3. The highest BCUT2D eigenvalue weighted by atomic mass is 32.2. The third-order valence-corrected chi connectivity index (χ3v) is 9.43. The summed E-state index contributed by atoms with van der Waals surface area (Å²) in [5.74, 6) is 0.962. The van der Waals surface area contributed by atoms with E-state index in [1.165, 1.54) is 4.88 Å². The zero-order valence-electron chi connectivity index (χ0n) is 18.9. The molecule has 2 aliphatic rings. The number of rotatable bonds is 8. The summed E-state index contributed by atoms with van der Waals surface area (Å²) in [6, 6.07) is 9.65. The molecule has 5 rings (SSSR count). The molecule has 0 spiro atoms. The van der Waals surface area contributed by atoms with Gasteiger partial charge in [0.25, 0.3) is 0 Å². The molecule has 0 N–H and O–H groups in total. The van der Waals surface area contributed by atoms with Gasteiger partial charge in [-0.05, 0) is 55.3 Å². The van der Waals surface area contributed by atoms with Gasteiger partial charge in [-0.15, -0.1) is 11.3 Å². The first-order valence-electron chi connectivity index (χ1n) is 11.7. The van der Waals surface area contributed by atoms with Crippen LogP contribution in [0.3, 0.4) is 0 Å². The summed E-state index contributed by atoms with van der Waals surface area (Å²) in [6.45, 7) is 1.85. The number of hydrogen-bond donors (Lipinski definition) is 0. The van der Waals surface area contributed by atoms with Crippen LogP contribution in [0.1, 0.15) is 49.2 Å². The minimum absolute atomic E-state index is 0.159. The smallest absolute Gasteiger partial charge is 0.243 e. The molecule has 1 amide bonds. The maximum atomic E-state index is 13.1. The molecule has 1 aromatic carbocycles. The lowest BCUT2D eigenvalue weighted by Gasteiger charge is -2.25.